The summed E-state index contributed by atoms with van der Waals surface area (Å²) in [4.78, 5) is 17.4. The quantitative estimate of drug-likeness (QED) is 0.528. The lowest BCUT2D eigenvalue weighted by molar-refractivity contribution is -0.132. The van der Waals surface area contributed by atoms with Crippen LogP contribution in [0.4, 0.5) is 11.5 Å². The second kappa shape index (κ2) is 9.29. The largest absolute Gasteiger partial charge is 0.360 e. The molecule has 2 aliphatic heterocycles. The molecule has 0 fully saturated rings. The number of carbonyl (C=O) groups is 1. The Morgan fingerprint density at radius 2 is 1.80 bits per heavy atom. The molecule has 0 spiro atoms. The molecule has 1 aromatic heterocycles. The molecular weight excluding hydrogens is 509 g/mol. The summed E-state index contributed by atoms with van der Waals surface area (Å²) in [6, 6.07) is 13.2. The molecule has 1 unspecified atom stereocenters. The van der Waals surface area contributed by atoms with Crippen LogP contribution < -0.4 is 9.62 Å². The highest BCUT2D eigenvalue weighted by molar-refractivity contribution is 7.92. The molecule has 182 valence electrons. The van der Waals surface area contributed by atoms with Gasteiger partial charge < -0.3 is 9.80 Å². The average molecular weight is 532 g/mol. The molecule has 1 amide bonds. The molecule has 2 aromatic carbocycles. The van der Waals surface area contributed by atoms with Crippen molar-refractivity contribution in [2.24, 2.45) is 0 Å². The molecule has 5 rings (SSSR count). The summed E-state index contributed by atoms with van der Waals surface area (Å²) in [7, 11) is -3.87. The van der Waals surface area contributed by atoms with Crippen molar-refractivity contribution in [3.05, 3.63) is 75.4 Å². The summed E-state index contributed by atoms with van der Waals surface area (Å²) >= 11 is 11.9. The van der Waals surface area contributed by atoms with E-state index >= 15 is 0 Å². The van der Waals surface area contributed by atoms with E-state index in [1.54, 1.807) is 17.0 Å². The monoisotopic (exact) mass is 531 g/mol. The Morgan fingerprint density at radius 1 is 1.00 bits per heavy atom. The number of nitrogens with one attached hydrogen (secondary N) is 1. The fraction of sp³-hybridized carbons (Fsp3) is 0.292. The molecule has 0 saturated heterocycles. The molecule has 0 bridgehead atoms. The maximum atomic E-state index is 13.4. The Morgan fingerprint density at radius 3 is 2.57 bits per heavy atom. The van der Waals surface area contributed by atoms with Gasteiger partial charge in [-0.05, 0) is 78.9 Å². The van der Waals surface area contributed by atoms with Crippen LogP contribution in [-0.2, 0) is 34.3 Å². The minimum atomic E-state index is -3.87. The number of hydrogen-bond acceptors (Lipinski definition) is 6. The molecule has 0 aliphatic carbocycles. The molecule has 35 heavy (non-hydrogen) atoms. The van der Waals surface area contributed by atoms with Crippen LogP contribution in [0.1, 0.15) is 30.0 Å². The van der Waals surface area contributed by atoms with Gasteiger partial charge in [0, 0.05) is 30.3 Å². The van der Waals surface area contributed by atoms with Crippen molar-refractivity contribution in [1.82, 2.24) is 15.1 Å². The van der Waals surface area contributed by atoms with Crippen LogP contribution in [-0.4, -0.2) is 42.0 Å². The Kier molecular flexibility index (Phi) is 6.33. The Labute approximate surface area is 213 Å². The molecule has 3 heterocycles. The molecule has 0 radical (unpaired) electrons. The SMILES string of the molecule is CC(C(=O)N1Cc2ccc(S(=O)(=O)Nc3ccc(Cl)nn3)cc2C1)N1CCCc2cc(Cl)ccc21. The second-order valence-electron chi connectivity index (χ2n) is 8.72. The predicted octanol–water partition coefficient (Wildman–Crippen LogP) is 4.27. The van der Waals surface area contributed by atoms with Crippen LogP contribution >= 0.6 is 23.2 Å². The van der Waals surface area contributed by atoms with Crippen molar-refractivity contribution in [1.29, 1.82) is 0 Å². The third kappa shape index (κ3) is 4.80. The number of aromatic nitrogens is 2. The van der Waals surface area contributed by atoms with Gasteiger partial charge in [0.05, 0.1) is 4.90 Å². The van der Waals surface area contributed by atoms with Crippen molar-refractivity contribution < 1.29 is 13.2 Å². The number of rotatable bonds is 5. The van der Waals surface area contributed by atoms with E-state index in [0.717, 1.165) is 41.8 Å². The van der Waals surface area contributed by atoms with Crippen molar-refractivity contribution in [3.63, 3.8) is 0 Å². The molecule has 0 saturated carbocycles. The molecule has 3 aromatic rings. The van der Waals surface area contributed by atoms with Gasteiger partial charge in [-0.1, -0.05) is 29.3 Å². The van der Waals surface area contributed by atoms with Crippen molar-refractivity contribution in [3.8, 4) is 0 Å². The number of halogens is 2. The van der Waals surface area contributed by atoms with Gasteiger partial charge in [-0.2, -0.15) is 0 Å². The zero-order valence-electron chi connectivity index (χ0n) is 18.9. The highest BCUT2D eigenvalue weighted by Crippen LogP contribution is 2.33. The van der Waals surface area contributed by atoms with E-state index in [0.29, 0.717) is 18.1 Å². The van der Waals surface area contributed by atoms with Crippen LogP contribution in [0.25, 0.3) is 0 Å². The van der Waals surface area contributed by atoms with Crippen molar-refractivity contribution in [2.75, 3.05) is 16.2 Å². The summed E-state index contributed by atoms with van der Waals surface area (Å²) in [6.07, 6.45) is 1.90. The van der Waals surface area contributed by atoms with E-state index < -0.39 is 10.0 Å². The van der Waals surface area contributed by atoms with Gasteiger partial charge in [0.1, 0.15) is 6.04 Å². The minimum Gasteiger partial charge on any atom is -0.360 e. The van der Waals surface area contributed by atoms with Gasteiger partial charge in [0.2, 0.25) is 5.91 Å². The molecular formula is C24H23Cl2N5O3S. The number of aryl methyl sites for hydroxylation is 1. The van der Waals surface area contributed by atoms with Crippen molar-refractivity contribution in [2.45, 2.75) is 43.8 Å². The summed E-state index contributed by atoms with van der Waals surface area (Å²) < 4.78 is 28.1. The first-order valence-corrected chi connectivity index (χ1v) is 13.4. The molecule has 2 aliphatic rings. The lowest BCUT2D eigenvalue weighted by Gasteiger charge is -2.37. The van der Waals surface area contributed by atoms with Crippen LogP contribution in [0, 0.1) is 0 Å². The highest BCUT2D eigenvalue weighted by atomic mass is 35.5. The zero-order chi connectivity index (χ0) is 24.7. The van der Waals surface area contributed by atoms with E-state index in [1.807, 2.05) is 25.1 Å². The number of sulfonamides is 1. The first-order chi connectivity index (χ1) is 16.7. The number of carbonyl (C=O) groups excluding carboxylic acids is 1. The van der Waals surface area contributed by atoms with Crippen LogP contribution in [0.3, 0.4) is 0 Å². The first kappa shape index (κ1) is 23.8. The molecule has 1 N–H and O–H groups in total. The Hall–Kier alpha value is -2.88. The maximum absolute atomic E-state index is 13.4. The fourth-order valence-corrected chi connectivity index (χ4v) is 6.00. The fourth-order valence-electron chi connectivity index (χ4n) is 4.66. The lowest BCUT2D eigenvalue weighted by atomic mass is 10.00. The number of fused-ring (bicyclic) bond motifs is 2. The van der Waals surface area contributed by atoms with E-state index in [9.17, 15) is 13.2 Å². The normalized spacial score (nSPS) is 16.0. The third-order valence-corrected chi connectivity index (χ3v) is 8.20. The zero-order valence-corrected chi connectivity index (χ0v) is 21.2. The Bertz CT molecular complexity index is 1400. The molecule has 1 atom stereocenters. The summed E-state index contributed by atoms with van der Waals surface area (Å²) in [5, 5.41) is 8.26. The van der Waals surface area contributed by atoms with Gasteiger partial charge in [-0.25, -0.2) is 8.42 Å². The van der Waals surface area contributed by atoms with Gasteiger partial charge in [-0.3, -0.25) is 9.52 Å². The maximum Gasteiger partial charge on any atom is 0.263 e. The number of hydrogen-bond donors (Lipinski definition) is 1. The summed E-state index contributed by atoms with van der Waals surface area (Å²) in [5.41, 5.74) is 3.94. The van der Waals surface area contributed by atoms with Gasteiger partial charge in [0.25, 0.3) is 10.0 Å². The summed E-state index contributed by atoms with van der Waals surface area (Å²) in [6.45, 7) is 3.51. The Balaban J connectivity index is 1.31. The highest BCUT2D eigenvalue weighted by Gasteiger charge is 2.32. The molecule has 11 heteroatoms. The number of anilines is 2. The smallest absolute Gasteiger partial charge is 0.263 e. The number of benzene rings is 2. The van der Waals surface area contributed by atoms with E-state index in [2.05, 4.69) is 19.8 Å². The van der Waals surface area contributed by atoms with Gasteiger partial charge >= 0.3 is 0 Å². The topological polar surface area (TPSA) is 95.5 Å². The van der Waals surface area contributed by atoms with Crippen molar-refractivity contribution >= 4 is 50.6 Å². The minimum absolute atomic E-state index is 0.00275. The first-order valence-electron chi connectivity index (χ1n) is 11.2. The van der Waals surface area contributed by atoms with E-state index in [4.69, 9.17) is 23.2 Å². The van der Waals surface area contributed by atoms with Crippen LogP contribution in [0.2, 0.25) is 10.2 Å². The lowest BCUT2D eigenvalue weighted by Crippen LogP contribution is -2.47. The van der Waals surface area contributed by atoms with E-state index in [1.165, 1.54) is 18.2 Å². The number of amides is 1. The van der Waals surface area contributed by atoms with Crippen LogP contribution in [0.15, 0.2) is 53.4 Å². The third-order valence-electron chi connectivity index (χ3n) is 6.41. The van der Waals surface area contributed by atoms with Crippen LogP contribution in [0.5, 0.6) is 0 Å². The molecule has 8 nitrogen and oxygen atoms in total. The van der Waals surface area contributed by atoms with Gasteiger partial charge in [0.15, 0.2) is 11.0 Å². The van der Waals surface area contributed by atoms with E-state index in [-0.39, 0.29) is 27.8 Å². The standard InChI is InChI=1S/C24H23Cl2N5O3S/c1-15(31-10-2-3-16-11-19(25)5-7-21(16)31)24(32)30-13-17-4-6-20(12-18(17)14-30)35(33,34)29-23-9-8-22(26)27-28-23/h4-9,11-12,15H,2-3,10,13-14H2,1H3,(H,28,29). The van der Waals surface area contributed by atoms with Gasteiger partial charge in [-0.15, -0.1) is 10.2 Å². The predicted molar refractivity (Wildman–Crippen MR) is 135 cm³/mol. The second-order valence-corrected chi connectivity index (χ2v) is 11.2. The number of nitrogens with zero attached hydrogens (tertiary/aromatic N) is 4. The average Bonchev–Trinajstić information content (AvgIpc) is 3.27. The summed E-state index contributed by atoms with van der Waals surface area (Å²) in [5.74, 6) is 0.0756.